The second kappa shape index (κ2) is 5.02. The van der Waals surface area contributed by atoms with Crippen LogP contribution in [-0.2, 0) is 26.4 Å². The summed E-state index contributed by atoms with van der Waals surface area (Å²) in [5.41, 5.74) is 4.58. The lowest BCUT2D eigenvalue weighted by molar-refractivity contribution is 0.827. The minimum atomic E-state index is 0.648. The van der Waals surface area contributed by atoms with Crippen LogP contribution in [-0.4, -0.2) is 29.1 Å². The Balaban J connectivity index is 1.55. The Labute approximate surface area is 138 Å². The van der Waals surface area contributed by atoms with Gasteiger partial charge in [0.15, 0.2) is 0 Å². The van der Waals surface area contributed by atoms with Crippen molar-refractivity contribution in [3.05, 3.63) is 47.7 Å². The predicted molar refractivity (Wildman–Crippen MR) is 90.8 cm³/mol. The fraction of sp³-hybridized carbons (Fsp3) is 0.294. The predicted octanol–water partition coefficient (Wildman–Crippen LogP) is 2.11. The van der Waals surface area contributed by atoms with E-state index in [0.717, 1.165) is 47.6 Å². The number of para-hydroxylation sites is 2. The van der Waals surface area contributed by atoms with E-state index in [9.17, 15) is 0 Å². The number of nitrogens with one attached hydrogen (secondary N) is 1. The molecular formula is C17H17N7. The summed E-state index contributed by atoms with van der Waals surface area (Å²) in [4.78, 5) is 9.35. The molecule has 0 unspecified atom stereocenters. The van der Waals surface area contributed by atoms with Gasteiger partial charge in [-0.05, 0) is 31.4 Å². The van der Waals surface area contributed by atoms with Gasteiger partial charge in [-0.1, -0.05) is 12.1 Å². The van der Waals surface area contributed by atoms with E-state index in [0.29, 0.717) is 12.3 Å². The number of benzene rings is 1. The molecule has 0 radical (unpaired) electrons. The van der Waals surface area contributed by atoms with Crippen LogP contribution < -0.4 is 5.32 Å². The van der Waals surface area contributed by atoms with Gasteiger partial charge in [0.1, 0.15) is 18.0 Å². The number of aromatic nitrogens is 6. The number of fused-ring (bicyclic) bond motifs is 3. The van der Waals surface area contributed by atoms with Gasteiger partial charge in [-0.2, -0.15) is 0 Å². The Morgan fingerprint density at radius 1 is 1.17 bits per heavy atom. The number of nitrogens with zero attached hydrogens (tertiary/aromatic N) is 6. The number of hydrogen-bond donors (Lipinski definition) is 1. The lowest BCUT2D eigenvalue weighted by atomic mass is 10.2. The minimum Gasteiger partial charge on any atom is -0.364 e. The first-order chi connectivity index (χ1) is 11.8. The minimum absolute atomic E-state index is 0.648. The number of aryl methyl sites for hydroxylation is 2. The number of imidazole rings is 1. The summed E-state index contributed by atoms with van der Waals surface area (Å²) in [5.74, 6) is 2.70. The Morgan fingerprint density at radius 2 is 2.08 bits per heavy atom. The van der Waals surface area contributed by atoms with E-state index in [1.165, 1.54) is 5.56 Å². The van der Waals surface area contributed by atoms with Crippen molar-refractivity contribution < 1.29 is 0 Å². The lowest BCUT2D eigenvalue weighted by Gasteiger charge is -2.13. The summed E-state index contributed by atoms with van der Waals surface area (Å²) in [6, 6.07) is 8.19. The van der Waals surface area contributed by atoms with Crippen molar-refractivity contribution in [3.63, 3.8) is 0 Å². The summed E-state index contributed by atoms with van der Waals surface area (Å²) in [7, 11) is 2.05. The van der Waals surface area contributed by atoms with Crippen molar-refractivity contribution in [2.24, 2.45) is 7.05 Å². The average Bonchev–Trinajstić information content (AvgIpc) is 3.31. The molecule has 120 valence electrons. The molecule has 7 nitrogen and oxygen atoms in total. The molecule has 0 fully saturated rings. The molecule has 1 aromatic carbocycles. The van der Waals surface area contributed by atoms with E-state index in [-0.39, 0.29) is 0 Å². The van der Waals surface area contributed by atoms with Gasteiger partial charge >= 0.3 is 0 Å². The van der Waals surface area contributed by atoms with Crippen molar-refractivity contribution in [2.75, 3.05) is 5.32 Å². The maximum absolute atomic E-state index is 4.73. The van der Waals surface area contributed by atoms with Gasteiger partial charge in [0.05, 0.1) is 23.3 Å². The maximum atomic E-state index is 4.73. The van der Waals surface area contributed by atoms with Gasteiger partial charge in [0.2, 0.25) is 0 Å². The molecule has 4 aromatic rings. The van der Waals surface area contributed by atoms with E-state index in [2.05, 4.69) is 38.2 Å². The summed E-state index contributed by atoms with van der Waals surface area (Å²) >= 11 is 0. The fourth-order valence-electron chi connectivity index (χ4n) is 3.54. The highest BCUT2D eigenvalue weighted by molar-refractivity contribution is 5.75. The molecule has 0 aliphatic heterocycles. The average molecular weight is 319 g/mol. The molecule has 0 spiro atoms. The third kappa shape index (κ3) is 1.90. The molecule has 1 aliphatic carbocycles. The number of anilines is 1. The highest BCUT2D eigenvalue weighted by atomic mass is 15.3. The van der Waals surface area contributed by atoms with Crippen molar-refractivity contribution in [2.45, 2.75) is 25.8 Å². The monoisotopic (exact) mass is 319 g/mol. The maximum Gasteiger partial charge on any atom is 0.256 e. The molecule has 1 N–H and O–H groups in total. The van der Waals surface area contributed by atoms with Crippen LogP contribution in [0.5, 0.6) is 0 Å². The fourth-order valence-corrected chi connectivity index (χ4v) is 3.54. The zero-order chi connectivity index (χ0) is 16.1. The molecule has 0 atom stereocenters. The van der Waals surface area contributed by atoms with Crippen LogP contribution in [0.4, 0.5) is 5.82 Å². The smallest absolute Gasteiger partial charge is 0.256 e. The second-order valence-corrected chi connectivity index (χ2v) is 6.17. The molecule has 3 aromatic heterocycles. The van der Waals surface area contributed by atoms with E-state index in [1.54, 1.807) is 6.33 Å². The van der Waals surface area contributed by atoms with Gasteiger partial charge in [-0.25, -0.2) is 9.97 Å². The van der Waals surface area contributed by atoms with Gasteiger partial charge in [0, 0.05) is 12.6 Å². The molecule has 5 rings (SSSR count). The molecule has 24 heavy (non-hydrogen) atoms. The molecule has 7 heteroatoms. The summed E-state index contributed by atoms with van der Waals surface area (Å²) < 4.78 is 4.07. The zero-order valence-electron chi connectivity index (χ0n) is 13.4. The third-order valence-electron chi connectivity index (χ3n) is 4.77. The Bertz CT molecular complexity index is 1060. The largest absolute Gasteiger partial charge is 0.364 e. The first kappa shape index (κ1) is 13.5. The van der Waals surface area contributed by atoms with Crippen LogP contribution in [0.2, 0.25) is 0 Å². The Morgan fingerprint density at radius 3 is 3.00 bits per heavy atom. The first-order valence-corrected chi connectivity index (χ1v) is 8.17. The van der Waals surface area contributed by atoms with E-state index >= 15 is 0 Å². The summed E-state index contributed by atoms with van der Waals surface area (Å²) in [5, 5.41) is 11.7. The van der Waals surface area contributed by atoms with Gasteiger partial charge < -0.3 is 9.88 Å². The van der Waals surface area contributed by atoms with Crippen LogP contribution in [0.3, 0.4) is 0 Å². The Kier molecular flexibility index (Phi) is 2.82. The third-order valence-corrected chi connectivity index (χ3v) is 4.77. The topological polar surface area (TPSA) is 72.9 Å². The second-order valence-electron chi connectivity index (χ2n) is 6.17. The number of hydrogen-bond acceptors (Lipinski definition) is 5. The number of rotatable bonds is 3. The highest BCUT2D eigenvalue weighted by Gasteiger charge is 2.21. The van der Waals surface area contributed by atoms with Crippen LogP contribution in [0.25, 0.3) is 16.8 Å². The molecule has 0 bridgehead atoms. The summed E-state index contributed by atoms with van der Waals surface area (Å²) in [6.07, 6.45) is 4.92. The van der Waals surface area contributed by atoms with Gasteiger partial charge in [-0.15, -0.1) is 10.2 Å². The van der Waals surface area contributed by atoms with Crippen molar-refractivity contribution in [1.29, 1.82) is 0 Å². The molecular weight excluding hydrogens is 302 g/mol. The Hall–Kier alpha value is -2.96. The van der Waals surface area contributed by atoms with E-state index < -0.39 is 0 Å². The van der Waals surface area contributed by atoms with Gasteiger partial charge in [-0.3, -0.25) is 4.40 Å². The lowest BCUT2D eigenvalue weighted by Crippen LogP contribution is -2.11. The standard InChI is InChI=1S/C17H17N7/c1-23-14-8-3-2-6-13(14)20-15(23)9-18-16-11-5-4-7-12(11)21-17-22-19-10-24(16)17/h2-3,6,8,10,18H,4-5,7,9H2,1H3. The molecule has 0 saturated carbocycles. The summed E-state index contributed by atoms with van der Waals surface area (Å²) in [6.45, 7) is 0.648. The van der Waals surface area contributed by atoms with Crippen molar-refractivity contribution in [1.82, 2.24) is 29.1 Å². The molecule has 1 aliphatic rings. The quantitative estimate of drug-likeness (QED) is 0.626. The van der Waals surface area contributed by atoms with E-state index in [1.807, 2.05) is 22.6 Å². The van der Waals surface area contributed by atoms with Crippen molar-refractivity contribution >= 4 is 22.6 Å². The molecule has 0 amide bonds. The zero-order valence-corrected chi connectivity index (χ0v) is 13.4. The van der Waals surface area contributed by atoms with Crippen LogP contribution in [0.15, 0.2) is 30.6 Å². The SMILES string of the molecule is Cn1c(CNc2c3c(nc4nncn24)CCC3)nc2ccccc21. The molecule has 3 heterocycles. The highest BCUT2D eigenvalue weighted by Crippen LogP contribution is 2.28. The van der Waals surface area contributed by atoms with Crippen LogP contribution in [0, 0.1) is 0 Å². The van der Waals surface area contributed by atoms with Gasteiger partial charge in [0.25, 0.3) is 5.78 Å². The first-order valence-electron chi connectivity index (χ1n) is 8.17. The van der Waals surface area contributed by atoms with Crippen molar-refractivity contribution in [3.8, 4) is 0 Å². The van der Waals surface area contributed by atoms with E-state index in [4.69, 9.17) is 4.98 Å². The van der Waals surface area contributed by atoms with Crippen LogP contribution >= 0.6 is 0 Å². The molecule has 0 saturated heterocycles. The van der Waals surface area contributed by atoms with Crippen LogP contribution in [0.1, 0.15) is 23.5 Å². The normalized spacial score (nSPS) is 13.7.